The first-order valence-corrected chi connectivity index (χ1v) is 14.2. The highest BCUT2D eigenvalue weighted by Crippen LogP contribution is 2.47. The van der Waals surface area contributed by atoms with Crippen LogP contribution in [0.2, 0.25) is 0 Å². The summed E-state index contributed by atoms with van der Waals surface area (Å²) in [5, 5.41) is 0. The average molecular weight is 521 g/mol. The first-order valence-electron chi connectivity index (χ1n) is 14.2. The fourth-order valence-electron chi connectivity index (χ4n) is 5.80. The molecule has 2 fully saturated rings. The molecule has 6 heteroatoms. The molecule has 0 N–H and O–H groups in total. The Labute approximate surface area is 225 Å². The van der Waals surface area contributed by atoms with Crippen LogP contribution in [-0.2, 0) is 28.5 Å². The number of carbonyl (C=O) groups is 1. The molecule has 0 spiro atoms. The van der Waals surface area contributed by atoms with Crippen molar-refractivity contribution in [2.75, 3.05) is 33.4 Å². The average Bonchev–Trinajstić information content (AvgIpc) is 2.85. The highest BCUT2D eigenvalue weighted by atomic mass is 16.7. The Morgan fingerprint density at radius 1 is 0.703 bits per heavy atom. The summed E-state index contributed by atoms with van der Waals surface area (Å²) < 4.78 is 27.5. The normalized spacial score (nSPS) is 21.7. The van der Waals surface area contributed by atoms with Gasteiger partial charge >= 0.3 is 5.97 Å². The van der Waals surface area contributed by atoms with E-state index in [2.05, 4.69) is 19.7 Å². The zero-order valence-corrected chi connectivity index (χ0v) is 23.8. The van der Waals surface area contributed by atoms with E-state index in [4.69, 9.17) is 23.7 Å². The summed E-state index contributed by atoms with van der Waals surface area (Å²) in [4.78, 5) is 11.6. The summed E-state index contributed by atoms with van der Waals surface area (Å²) in [6.07, 6.45) is 14.6. The molecule has 2 rings (SSSR count). The van der Waals surface area contributed by atoms with E-state index < -0.39 is 0 Å². The molecule has 2 saturated carbocycles. The zero-order valence-electron chi connectivity index (χ0n) is 23.8. The number of carbonyl (C=O) groups excluding carboxylic acids is 1. The second kappa shape index (κ2) is 16.9. The predicted octanol–water partition coefficient (Wildman–Crippen LogP) is 7.70. The van der Waals surface area contributed by atoms with Crippen molar-refractivity contribution in [3.8, 4) is 0 Å². The maximum absolute atomic E-state index is 11.6. The summed E-state index contributed by atoms with van der Waals surface area (Å²) in [6.45, 7) is 19.0. The van der Waals surface area contributed by atoms with Crippen LogP contribution >= 0.6 is 0 Å². The van der Waals surface area contributed by atoms with Crippen LogP contribution in [0.3, 0.4) is 0 Å². The molecule has 0 radical (unpaired) electrons. The van der Waals surface area contributed by atoms with Crippen molar-refractivity contribution in [2.45, 2.75) is 97.8 Å². The van der Waals surface area contributed by atoms with Gasteiger partial charge in [0.2, 0.25) is 0 Å². The van der Waals surface area contributed by atoms with Crippen molar-refractivity contribution >= 4 is 5.97 Å². The lowest BCUT2D eigenvalue weighted by Crippen LogP contribution is -2.31. The molecule has 0 aromatic rings. The van der Waals surface area contributed by atoms with E-state index in [0.717, 1.165) is 31.1 Å². The summed E-state index contributed by atoms with van der Waals surface area (Å²) in [6, 6.07) is 0. The first kappa shape index (κ1) is 31.4. The lowest BCUT2D eigenvalue weighted by atomic mass is 9.65. The van der Waals surface area contributed by atoms with Gasteiger partial charge in [-0.15, -0.1) is 0 Å². The highest BCUT2D eigenvalue weighted by Gasteiger charge is 2.36. The van der Waals surface area contributed by atoms with Gasteiger partial charge in [-0.25, -0.2) is 4.79 Å². The van der Waals surface area contributed by atoms with E-state index in [1.54, 1.807) is 6.92 Å². The molecule has 212 valence electrons. The zero-order chi connectivity index (χ0) is 27.1. The molecule has 0 heterocycles. The highest BCUT2D eigenvalue weighted by molar-refractivity contribution is 5.86. The summed E-state index contributed by atoms with van der Waals surface area (Å²) in [5.74, 6) is 3.46. The maximum Gasteiger partial charge on any atom is 0.333 e. The van der Waals surface area contributed by atoms with Gasteiger partial charge in [-0.05, 0) is 95.3 Å². The molecular formula is C31H52O6. The quantitative estimate of drug-likeness (QED) is 0.0607. The third kappa shape index (κ3) is 13.0. The van der Waals surface area contributed by atoms with Crippen LogP contribution in [0.25, 0.3) is 0 Å². The van der Waals surface area contributed by atoms with Gasteiger partial charge in [0.1, 0.15) is 0 Å². The molecule has 37 heavy (non-hydrogen) atoms. The number of hydrogen-bond donors (Lipinski definition) is 0. The van der Waals surface area contributed by atoms with Crippen LogP contribution in [-0.4, -0.2) is 39.4 Å². The van der Waals surface area contributed by atoms with Gasteiger partial charge in [-0.3, -0.25) is 0 Å². The Kier molecular flexibility index (Phi) is 14.4. The van der Waals surface area contributed by atoms with Crippen LogP contribution in [0.4, 0.5) is 0 Å². The number of hydrogen-bond acceptors (Lipinski definition) is 6. The van der Waals surface area contributed by atoms with Gasteiger partial charge in [0.05, 0.1) is 31.3 Å². The third-order valence-corrected chi connectivity index (χ3v) is 8.24. The number of rotatable bonds is 18. The molecule has 0 aromatic heterocycles. The van der Waals surface area contributed by atoms with Crippen LogP contribution in [0, 0.1) is 23.2 Å². The van der Waals surface area contributed by atoms with Gasteiger partial charge < -0.3 is 23.7 Å². The predicted molar refractivity (Wildman–Crippen MR) is 148 cm³/mol. The second-order valence-corrected chi connectivity index (χ2v) is 11.5. The van der Waals surface area contributed by atoms with Crippen molar-refractivity contribution in [1.29, 1.82) is 0 Å². The summed E-state index contributed by atoms with van der Waals surface area (Å²) in [5.41, 5.74) is 0.746. The van der Waals surface area contributed by atoms with E-state index in [-0.39, 0.29) is 25.0 Å². The lowest BCUT2D eigenvalue weighted by molar-refractivity contribution is -0.139. The molecule has 0 atom stereocenters. The van der Waals surface area contributed by atoms with Crippen molar-refractivity contribution < 1.29 is 28.5 Å². The summed E-state index contributed by atoms with van der Waals surface area (Å²) >= 11 is 0. The van der Waals surface area contributed by atoms with Crippen molar-refractivity contribution in [1.82, 2.24) is 0 Å². The fourth-order valence-corrected chi connectivity index (χ4v) is 5.80. The second-order valence-electron chi connectivity index (χ2n) is 11.5. The minimum atomic E-state index is -0.263. The van der Waals surface area contributed by atoms with Gasteiger partial charge in [0, 0.05) is 5.57 Å². The van der Waals surface area contributed by atoms with Gasteiger partial charge in [0.15, 0.2) is 13.6 Å². The lowest BCUT2D eigenvalue weighted by Gasteiger charge is -2.42. The first-order chi connectivity index (χ1) is 17.7. The summed E-state index contributed by atoms with van der Waals surface area (Å²) in [7, 11) is 0. The molecule has 0 unspecified atom stereocenters. The van der Waals surface area contributed by atoms with Crippen molar-refractivity contribution in [3.63, 3.8) is 0 Å². The van der Waals surface area contributed by atoms with E-state index in [1.165, 1.54) is 57.8 Å². The van der Waals surface area contributed by atoms with Crippen molar-refractivity contribution in [2.24, 2.45) is 23.2 Å². The smallest absolute Gasteiger partial charge is 0.333 e. The molecular weight excluding hydrogens is 468 g/mol. The minimum absolute atomic E-state index is 0.263. The molecule has 0 aromatic carbocycles. The van der Waals surface area contributed by atoms with E-state index >= 15 is 0 Å². The molecule has 6 nitrogen and oxygen atoms in total. The SMILES string of the molecule is C=C(C)OCOCCC1(CCOCOC(=C)C)CCC(CC2CCC(CCOC(=O)C(=C)C)CC2)CC1. The Morgan fingerprint density at radius 2 is 1.19 bits per heavy atom. The monoisotopic (exact) mass is 520 g/mol. The third-order valence-electron chi connectivity index (χ3n) is 8.24. The Bertz CT molecular complexity index is 687. The fraction of sp³-hybridized carbons (Fsp3) is 0.774. The molecule has 0 amide bonds. The van der Waals surface area contributed by atoms with Gasteiger partial charge in [-0.2, -0.15) is 0 Å². The molecule has 2 aliphatic carbocycles. The molecule has 0 bridgehead atoms. The van der Waals surface area contributed by atoms with E-state index in [9.17, 15) is 4.79 Å². The molecule has 2 aliphatic rings. The molecule has 0 aliphatic heterocycles. The van der Waals surface area contributed by atoms with Crippen LogP contribution in [0.15, 0.2) is 36.8 Å². The minimum Gasteiger partial charge on any atom is -0.473 e. The topological polar surface area (TPSA) is 63.2 Å². The Balaban J connectivity index is 1.71. The van der Waals surface area contributed by atoms with Crippen LogP contribution in [0.5, 0.6) is 0 Å². The standard InChI is InChI=1S/C31H52O6/c1-24(2)30(32)35-18-13-27-7-9-28(10-8-27)21-29-11-14-31(15-12-29,16-19-33-22-36-25(3)4)17-20-34-23-37-26(5)6/h27-29H,1,3,5,7-23H2,2,4,6H3. The number of ether oxygens (including phenoxy) is 5. The molecule has 0 saturated heterocycles. The van der Waals surface area contributed by atoms with Gasteiger partial charge in [0.25, 0.3) is 0 Å². The van der Waals surface area contributed by atoms with E-state index in [1.807, 2.05) is 13.8 Å². The van der Waals surface area contributed by atoms with Gasteiger partial charge in [-0.1, -0.05) is 45.4 Å². The van der Waals surface area contributed by atoms with E-state index in [0.29, 0.717) is 42.8 Å². The van der Waals surface area contributed by atoms with Crippen molar-refractivity contribution in [3.05, 3.63) is 36.8 Å². The number of allylic oxidation sites excluding steroid dienone is 2. The van der Waals surface area contributed by atoms with Crippen LogP contribution in [0.1, 0.15) is 97.8 Å². The van der Waals surface area contributed by atoms with Crippen LogP contribution < -0.4 is 0 Å². The Hall–Kier alpha value is -1.79. The maximum atomic E-state index is 11.6. The Morgan fingerprint density at radius 3 is 1.68 bits per heavy atom. The number of esters is 1. The largest absolute Gasteiger partial charge is 0.473 e.